The predicted octanol–water partition coefficient (Wildman–Crippen LogP) is 4.63. The van der Waals surface area contributed by atoms with Crippen LogP contribution in [0.1, 0.15) is 13.8 Å². The van der Waals surface area contributed by atoms with E-state index in [4.69, 9.17) is 55.5 Å². The molecule has 1 aromatic rings. The number of thioether (sulfide) groups is 1. The number of alkyl halides is 3. The predicted molar refractivity (Wildman–Crippen MR) is 115 cm³/mol. The first-order valence-corrected chi connectivity index (χ1v) is 13.4. The molecule has 1 aromatic carbocycles. The first kappa shape index (κ1) is 26.8. The van der Waals surface area contributed by atoms with E-state index in [1.807, 2.05) is 0 Å². The van der Waals surface area contributed by atoms with Crippen molar-refractivity contribution in [1.29, 1.82) is 0 Å². The van der Waals surface area contributed by atoms with Gasteiger partial charge in [0.1, 0.15) is 0 Å². The number of nitrogens with one attached hydrogen (secondary N) is 1. The van der Waals surface area contributed by atoms with Gasteiger partial charge in [-0.2, -0.15) is 4.72 Å². The highest BCUT2D eigenvalue weighted by atomic mass is 35.6. The third kappa shape index (κ3) is 6.14. The fraction of sp³-hybridized carbons (Fsp3) is 0.571. The lowest BCUT2D eigenvalue weighted by Gasteiger charge is -2.42. The lowest BCUT2D eigenvalue weighted by atomic mass is 10.4. The molecule has 0 bridgehead atoms. The minimum Gasteiger partial charge on any atom is -0.396 e. The van der Waals surface area contributed by atoms with Gasteiger partial charge in [-0.15, -0.1) is 11.8 Å². The van der Waals surface area contributed by atoms with Crippen LogP contribution in [0.15, 0.2) is 29.2 Å². The number of aliphatic hydroxyl groups is 1. The van der Waals surface area contributed by atoms with Gasteiger partial charge in [0.15, 0.2) is 0 Å². The SMILES string of the molecule is CCOP(=O)(OCC)C(NS(=O)(=O)c1ccc(Cl)cc1)(SCCO)C(Cl)(Cl)Cl. The zero-order chi connectivity index (χ0) is 21.6. The standard InChI is InChI=1S/C14H20Cl4NO6PS2/c1-3-24-26(21,25-4-2)14(13(16,17)18,27-10-9-20)19-28(22,23)12-7-5-11(15)6-8-12/h5-8,19-20H,3-4,9-10H2,1-2H3. The van der Waals surface area contributed by atoms with Crippen molar-refractivity contribution in [2.45, 2.75) is 27.1 Å². The molecule has 0 aliphatic carbocycles. The highest BCUT2D eigenvalue weighted by Crippen LogP contribution is 2.70. The van der Waals surface area contributed by atoms with E-state index >= 15 is 0 Å². The molecule has 28 heavy (non-hydrogen) atoms. The molecule has 0 aliphatic heterocycles. The lowest BCUT2D eigenvalue weighted by molar-refractivity contribution is 0.206. The van der Waals surface area contributed by atoms with Gasteiger partial charge < -0.3 is 14.2 Å². The topological polar surface area (TPSA) is 102 Å². The van der Waals surface area contributed by atoms with Crippen molar-refractivity contribution in [2.24, 2.45) is 0 Å². The zero-order valence-corrected chi connectivity index (χ0v) is 20.5. The Bertz CT molecular complexity index is 780. The quantitative estimate of drug-likeness (QED) is 0.242. The van der Waals surface area contributed by atoms with Gasteiger partial charge in [0, 0.05) is 10.8 Å². The molecule has 0 amide bonds. The molecule has 0 aromatic heterocycles. The number of hydrogen-bond donors (Lipinski definition) is 2. The Balaban J connectivity index is 3.64. The first-order valence-electron chi connectivity index (χ1n) is 7.89. The second-order valence-electron chi connectivity index (χ2n) is 5.11. The highest BCUT2D eigenvalue weighted by molar-refractivity contribution is 8.07. The Labute approximate surface area is 188 Å². The monoisotopic (exact) mass is 533 g/mol. The fourth-order valence-electron chi connectivity index (χ4n) is 2.07. The van der Waals surface area contributed by atoms with Gasteiger partial charge in [0.25, 0.3) is 0 Å². The number of hydrogen-bond acceptors (Lipinski definition) is 7. The van der Waals surface area contributed by atoms with E-state index in [0.29, 0.717) is 16.8 Å². The van der Waals surface area contributed by atoms with Crippen molar-refractivity contribution in [1.82, 2.24) is 4.72 Å². The molecule has 1 atom stereocenters. The van der Waals surface area contributed by atoms with Gasteiger partial charge in [-0.1, -0.05) is 46.4 Å². The Hall–Kier alpha value is 0.750. The molecule has 0 aliphatic rings. The van der Waals surface area contributed by atoms with Crippen molar-refractivity contribution in [2.75, 3.05) is 25.6 Å². The third-order valence-corrected chi connectivity index (χ3v) is 11.4. The van der Waals surface area contributed by atoms with Crippen LogP contribution in [-0.4, -0.2) is 47.5 Å². The van der Waals surface area contributed by atoms with Crippen molar-refractivity contribution in [3.05, 3.63) is 29.3 Å². The van der Waals surface area contributed by atoms with E-state index in [-0.39, 0.29) is 23.9 Å². The summed E-state index contributed by atoms with van der Waals surface area (Å²) in [4.78, 5) is -0.209. The summed E-state index contributed by atoms with van der Waals surface area (Å²) in [5, 5.41) is 9.57. The molecular formula is C14H20Cl4NO6PS2. The Morgan fingerprint density at radius 2 is 1.64 bits per heavy atom. The smallest absolute Gasteiger partial charge is 0.366 e. The molecule has 0 heterocycles. The molecule has 1 rings (SSSR count). The maximum atomic E-state index is 13.6. The number of sulfonamides is 1. The summed E-state index contributed by atoms with van der Waals surface area (Å²) in [5.74, 6) is -0.124. The maximum Gasteiger partial charge on any atom is 0.366 e. The highest BCUT2D eigenvalue weighted by Gasteiger charge is 2.65. The molecule has 1 unspecified atom stereocenters. The van der Waals surface area contributed by atoms with Crippen LogP contribution in [0, 0.1) is 0 Å². The van der Waals surface area contributed by atoms with Crippen molar-refractivity contribution < 1.29 is 27.1 Å². The Kier molecular flexibility index (Phi) is 10.4. The maximum absolute atomic E-state index is 13.6. The summed E-state index contributed by atoms with van der Waals surface area (Å²) in [6.45, 7) is 2.43. The Morgan fingerprint density at radius 3 is 2.04 bits per heavy atom. The van der Waals surface area contributed by atoms with Crippen LogP contribution in [0.5, 0.6) is 0 Å². The summed E-state index contributed by atoms with van der Waals surface area (Å²) in [7, 11) is -8.76. The average Bonchev–Trinajstić information content (AvgIpc) is 2.58. The number of aliphatic hydroxyl groups excluding tert-OH is 1. The van der Waals surface area contributed by atoms with Crippen molar-refractivity contribution in [3.63, 3.8) is 0 Å². The molecule has 2 N–H and O–H groups in total. The van der Waals surface area contributed by atoms with E-state index < -0.39 is 32.6 Å². The van der Waals surface area contributed by atoms with Crippen LogP contribution in [0.4, 0.5) is 0 Å². The van der Waals surface area contributed by atoms with Gasteiger partial charge in [0.05, 0.1) is 24.7 Å². The molecule has 0 saturated carbocycles. The number of halogens is 4. The minimum absolute atomic E-state index is 0.109. The van der Waals surface area contributed by atoms with Crippen LogP contribution in [-0.2, 0) is 23.6 Å². The van der Waals surface area contributed by atoms with Crippen LogP contribution in [0.25, 0.3) is 0 Å². The van der Waals surface area contributed by atoms with E-state index in [2.05, 4.69) is 4.72 Å². The van der Waals surface area contributed by atoms with E-state index in [9.17, 15) is 18.1 Å². The average molecular weight is 535 g/mol. The lowest BCUT2D eigenvalue weighted by Crippen LogP contribution is -2.55. The summed E-state index contributed by atoms with van der Waals surface area (Å²) in [5.41, 5.74) is 0. The molecule has 14 heteroatoms. The van der Waals surface area contributed by atoms with E-state index in [0.717, 1.165) is 0 Å². The van der Waals surface area contributed by atoms with Gasteiger partial charge in [0.2, 0.25) is 18.4 Å². The summed E-state index contributed by atoms with van der Waals surface area (Å²) in [6.07, 6.45) is 0. The molecule has 7 nitrogen and oxygen atoms in total. The van der Waals surface area contributed by atoms with Crippen molar-refractivity contribution in [3.8, 4) is 0 Å². The fourth-order valence-corrected chi connectivity index (χ4v) is 9.63. The minimum atomic E-state index is -4.40. The summed E-state index contributed by atoms with van der Waals surface area (Å²) < 4.78 is 47.5. The summed E-state index contributed by atoms with van der Waals surface area (Å²) >= 11 is 24.8. The largest absolute Gasteiger partial charge is 0.396 e. The second-order valence-corrected chi connectivity index (χ2v) is 13.3. The zero-order valence-electron chi connectivity index (χ0n) is 14.9. The molecular weight excluding hydrogens is 515 g/mol. The van der Waals surface area contributed by atoms with Gasteiger partial charge >= 0.3 is 7.60 Å². The van der Waals surface area contributed by atoms with E-state index in [1.54, 1.807) is 0 Å². The Morgan fingerprint density at radius 1 is 1.14 bits per heavy atom. The van der Waals surface area contributed by atoms with Crippen LogP contribution >= 0.6 is 65.8 Å². The van der Waals surface area contributed by atoms with Crippen LogP contribution in [0.2, 0.25) is 5.02 Å². The molecule has 0 radical (unpaired) electrons. The molecule has 162 valence electrons. The van der Waals surface area contributed by atoms with Gasteiger partial charge in [-0.3, -0.25) is 4.57 Å². The molecule has 0 spiro atoms. The van der Waals surface area contributed by atoms with Crippen LogP contribution in [0.3, 0.4) is 0 Å². The number of benzene rings is 1. The normalized spacial score (nSPS) is 15.4. The summed E-state index contributed by atoms with van der Waals surface area (Å²) in [6, 6.07) is 5.19. The number of rotatable bonds is 11. The van der Waals surface area contributed by atoms with E-state index in [1.165, 1.54) is 38.1 Å². The van der Waals surface area contributed by atoms with Gasteiger partial charge in [-0.05, 0) is 38.1 Å². The van der Waals surface area contributed by atoms with Crippen molar-refractivity contribution >= 4 is 75.8 Å². The van der Waals surface area contributed by atoms with Crippen LogP contribution < -0.4 is 4.72 Å². The third-order valence-electron chi connectivity index (χ3n) is 3.17. The second kappa shape index (κ2) is 10.9. The van der Waals surface area contributed by atoms with Gasteiger partial charge in [-0.25, -0.2) is 8.42 Å². The molecule has 0 fully saturated rings. The molecule has 0 saturated heterocycles. The first-order chi connectivity index (χ1) is 12.9.